The fourth-order valence-electron chi connectivity index (χ4n) is 6.27. The number of nitrogens with zero attached hydrogens (tertiary/aromatic N) is 3. The van der Waals surface area contributed by atoms with Crippen LogP contribution < -0.4 is 4.74 Å². The molecule has 0 N–H and O–H groups in total. The predicted molar refractivity (Wildman–Crippen MR) is 139 cm³/mol. The Labute approximate surface area is 219 Å². The van der Waals surface area contributed by atoms with E-state index in [1.807, 2.05) is 35.2 Å². The van der Waals surface area contributed by atoms with Crippen LogP contribution in [-0.4, -0.2) is 80.4 Å². The molecule has 5 rings (SSSR count). The Morgan fingerprint density at radius 3 is 2.32 bits per heavy atom. The van der Waals surface area contributed by atoms with Crippen molar-refractivity contribution in [1.29, 1.82) is 0 Å². The summed E-state index contributed by atoms with van der Waals surface area (Å²) in [7, 11) is 2.99. The molecule has 0 bridgehead atoms. The summed E-state index contributed by atoms with van der Waals surface area (Å²) in [5.74, 6) is 1.74. The van der Waals surface area contributed by atoms with Gasteiger partial charge in [0.15, 0.2) is 0 Å². The van der Waals surface area contributed by atoms with E-state index in [0.717, 1.165) is 56.8 Å². The second kappa shape index (κ2) is 11.1. The highest BCUT2D eigenvalue weighted by Crippen LogP contribution is 2.43. The van der Waals surface area contributed by atoms with Crippen LogP contribution in [0.1, 0.15) is 36.3 Å². The number of carbonyl (C=O) groups is 2. The number of piperidine rings is 1. The van der Waals surface area contributed by atoms with E-state index in [0.29, 0.717) is 31.5 Å². The number of rotatable bonds is 7. The molecule has 3 heterocycles. The summed E-state index contributed by atoms with van der Waals surface area (Å²) < 4.78 is 9.96. The summed E-state index contributed by atoms with van der Waals surface area (Å²) in [5.41, 5.74) is 2.17. The van der Waals surface area contributed by atoms with Crippen molar-refractivity contribution in [3.8, 4) is 5.75 Å². The number of ether oxygens (including phenoxy) is 2. The van der Waals surface area contributed by atoms with Crippen molar-refractivity contribution >= 4 is 12.1 Å². The van der Waals surface area contributed by atoms with Crippen LogP contribution in [-0.2, 0) is 20.9 Å². The van der Waals surface area contributed by atoms with Gasteiger partial charge >= 0.3 is 6.16 Å². The number of amides is 1. The van der Waals surface area contributed by atoms with Gasteiger partial charge in [-0.2, -0.15) is 0 Å². The largest absolute Gasteiger partial charge is 0.527 e. The van der Waals surface area contributed by atoms with E-state index in [1.165, 1.54) is 12.7 Å². The zero-order valence-electron chi connectivity index (χ0n) is 21.8. The summed E-state index contributed by atoms with van der Waals surface area (Å²) >= 11 is 0. The van der Waals surface area contributed by atoms with Crippen LogP contribution in [0.3, 0.4) is 0 Å². The lowest BCUT2D eigenvalue weighted by Crippen LogP contribution is -2.46. The molecule has 0 saturated carbocycles. The molecule has 198 valence electrons. The SMILES string of the molecule is COC(=O)ON1C[C@H](CN2CCC3(CC2)CCN(Cc2ccc(OC)cc2)C3=O)[C@@H](c2ccccc2)C1. The van der Waals surface area contributed by atoms with Crippen molar-refractivity contribution < 1.29 is 23.9 Å². The van der Waals surface area contributed by atoms with Crippen molar-refractivity contribution in [2.24, 2.45) is 11.3 Å². The van der Waals surface area contributed by atoms with Gasteiger partial charge in [0.1, 0.15) is 5.75 Å². The van der Waals surface area contributed by atoms with E-state index in [9.17, 15) is 9.59 Å². The Balaban J connectivity index is 1.18. The van der Waals surface area contributed by atoms with Gasteiger partial charge in [0.25, 0.3) is 0 Å². The number of carbonyl (C=O) groups excluding carboxylic acids is 2. The molecule has 8 heteroatoms. The number of likely N-dealkylation sites (tertiary alicyclic amines) is 2. The predicted octanol–water partition coefficient (Wildman–Crippen LogP) is 3.92. The van der Waals surface area contributed by atoms with E-state index in [-0.39, 0.29) is 11.3 Å². The third-order valence-corrected chi connectivity index (χ3v) is 8.45. The number of hydrogen-bond donors (Lipinski definition) is 0. The lowest BCUT2D eigenvalue weighted by atomic mass is 9.76. The minimum atomic E-state index is -0.675. The topological polar surface area (TPSA) is 71.6 Å². The second-order valence-corrected chi connectivity index (χ2v) is 10.6. The Kier molecular flexibility index (Phi) is 7.67. The molecule has 3 aliphatic rings. The Morgan fingerprint density at radius 2 is 1.65 bits per heavy atom. The summed E-state index contributed by atoms with van der Waals surface area (Å²) in [5, 5.41) is 1.73. The minimum absolute atomic E-state index is 0.225. The first-order chi connectivity index (χ1) is 18.0. The molecular formula is C29H37N3O5. The van der Waals surface area contributed by atoms with E-state index >= 15 is 0 Å². The first kappa shape index (κ1) is 25.5. The average Bonchev–Trinajstić information content (AvgIpc) is 3.46. The van der Waals surface area contributed by atoms with Crippen LogP contribution in [0.15, 0.2) is 54.6 Å². The van der Waals surface area contributed by atoms with Gasteiger partial charge in [-0.05, 0) is 61.5 Å². The van der Waals surface area contributed by atoms with E-state index in [4.69, 9.17) is 14.3 Å². The molecule has 2 atom stereocenters. The molecule has 0 aromatic heterocycles. The van der Waals surface area contributed by atoms with Gasteiger partial charge in [0.05, 0.1) is 19.6 Å². The molecule has 0 aliphatic carbocycles. The van der Waals surface area contributed by atoms with Crippen molar-refractivity contribution in [3.05, 3.63) is 65.7 Å². The van der Waals surface area contributed by atoms with Crippen molar-refractivity contribution in [2.45, 2.75) is 31.7 Å². The maximum Gasteiger partial charge on any atom is 0.527 e. The van der Waals surface area contributed by atoms with Crippen LogP contribution in [0.5, 0.6) is 5.75 Å². The minimum Gasteiger partial charge on any atom is -0.497 e. The van der Waals surface area contributed by atoms with Crippen molar-refractivity contribution in [1.82, 2.24) is 14.9 Å². The Bertz CT molecular complexity index is 1070. The summed E-state index contributed by atoms with van der Waals surface area (Å²) in [6, 6.07) is 18.4. The number of hydrogen-bond acceptors (Lipinski definition) is 7. The average molecular weight is 508 g/mol. The maximum absolute atomic E-state index is 13.5. The lowest BCUT2D eigenvalue weighted by Gasteiger charge is -2.39. The molecule has 0 radical (unpaired) electrons. The molecule has 37 heavy (non-hydrogen) atoms. The number of methoxy groups -OCH3 is 2. The summed E-state index contributed by atoms with van der Waals surface area (Å²) in [4.78, 5) is 35.1. The fraction of sp³-hybridized carbons (Fsp3) is 0.517. The van der Waals surface area contributed by atoms with Crippen LogP contribution in [0.2, 0.25) is 0 Å². The third kappa shape index (κ3) is 5.60. The van der Waals surface area contributed by atoms with Crippen molar-refractivity contribution in [3.63, 3.8) is 0 Å². The number of hydroxylamine groups is 2. The fourth-order valence-corrected chi connectivity index (χ4v) is 6.27. The second-order valence-electron chi connectivity index (χ2n) is 10.6. The highest BCUT2D eigenvalue weighted by atomic mass is 16.8. The van der Waals surface area contributed by atoms with Gasteiger partial charge in [-0.1, -0.05) is 42.5 Å². The van der Waals surface area contributed by atoms with Gasteiger partial charge in [-0.25, -0.2) is 4.79 Å². The van der Waals surface area contributed by atoms with Crippen LogP contribution >= 0.6 is 0 Å². The molecule has 2 aromatic rings. The molecule has 8 nitrogen and oxygen atoms in total. The molecule has 1 spiro atoms. The van der Waals surface area contributed by atoms with E-state index < -0.39 is 6.16 Å². The van der Waals surface area contributed by atoms with E-state index in [2.05, 4.69) is 29.2 Å². The molecular weight excluding hydrogens is 470 g/mol. The normalized spacial score (nSPS) is 23.9. The standard InChI is InChI=1S/C29H37N3O5/c1-35-25-10-8-22(9-11-25)18-31-17-14-29(27(31)33)12-15-30(16-13-29)19-24-20-32(37-28(34)36-2)21-26(24)23-6-4-3-5-7-23/h3-11,24,26H,12-21H2,1-2H3/t24-,26+/m0/s1. The summed E-state index contributed by atoms with van der Waals surface area (Å²) in [6.45, 7) is 5.55. The van der Waals surface area contributed by atoms with Gasteiger partial charge in [-0.15, -0.1) is 5.06 Å². The molecule has 3 fully saturated rings. The molecule has 0 unspecified atom stereocenters. The Hall–Kier alpha value is -3.10. The van der Waals surface area contributed by atoms with Crippen LogP contribution in [0.25, 0.3) is 0 Å². The van der Waals surface area contributed by atoms with E-state index in [1.54, 1.807) is 12.2 Å². The first-order valence-electron chi connectivity index (χ1n) is 13.2. The van der Waals surface area contributed by atoms with Gasteiger partial charge in [-0.3, -0.25) is 4.79 Å². The van der Waals surface area contributed by atoms with Crippen LogP contribution in [0.4, 0.5) is 4.79 Å². The third-order valence-electron chi connectivity index (χ3n) is 8.45. The molecule has 1 amide bonds. The first-order valence-corrected chi connectivity index (χ1v) is 13.2. The monoisotopic (exact) mass is 507 g/mol. The number of benzene rings is 2. The lowest BCUT2D eigenvalue weighted by molar-refractivity contribution is -0.139. The quantitative estimate of drug-likeness (QED) is 0.526. The molecule has 3 saturated heterocycles. The highest BCUT2D eigenvalue weighted by Gasteiger charge is 2.48. The smallest absolute Gasteiger partial charge is 0.497 e. The maximum atomic E-state index is 13.5. The van der Waals surface area contributed by atoms with Crippen molar-refractivity contribution in [2.75, 3.05) is 53.5 Å². The molecule has 2 aromatic carbocycles. The van der Waals surface area contributed by atoms with Crippen LogP contribution in [0, 0.1) is 11.3 Å². The highest BCUT2D eigenvalue weighted by molar-refractivity contribution is 5.85. The zero-order chi connectivity index (χ0) is 25.8. The van der Waals surface area contributed by atoms with Gasteiger partial charge < -0.3 is 24.1 Å². The summed E-state index contributed by atoms with van der Waals surface area (Å²) in [6.07, 6.45) is 2.06. The molecule has 3 aliphatic heterocycles. The zero-order valence-corrected chi connectivity index (χ0v) is 21.8. The van der Waals surface area contributed by atoms with Gasteiger partial charge in [0, 0.05) is 38.6 Å². The van der Waals surface area contributed by atoms with Gasteiger partial charge in [0.2, 0.25) is 5.91 Å². The Morgan fingerprint density at radius 1 is 0.946 bits per heavy atom.